The summed E-state index contributed by atoms with van der Waals surface area (Å²) in [6.45, 7) is 10.1. The minimum absolute atomic E-state index is 0.0519. The number of benzene rings is 1. The predicted molar refractivity (Wildman–Crippen MR) is 130 cm³/mol. The first-order valence-electron chi connectivity index (χ1n) is 10.9. The summed E-state index contributed by atoms with van der Waals surface area (Å²) in [6.07, 6.45) is 5.45. The number of nitrogens with one attached hydrogen (secondary N) is 1. The molecule has 1 N–H and O–H groups in total. The highest BCUT2D eigenvalue weighted by Gasteiger charge is 2.26. The highest BCUT2D eigenvalue weighted by Crippen LogP contribution is 2.20. The van der Waals surface area contributed by atoms with Crippen molar-refractivity contribution in [3.8, 4) is 0 Å². The highest BCUT2D eigenvalue weighted by molar-refractivity contribution is 7.90. The molecular formula is C23H32N4O3S2. The van der Waals surface area contributed by atoms with E-state index in [-0.39, 0.29) is 23.1 Å². The fourth-order valence-electron chi connectivity index (χ4n) is 3.74. The molecule has 3 rings (SSSR count). The van der Waals surface area contributed by atoms with Crippen LogP contribution in [0.25, 0.3) is 0 Å². The van der Waals surface area contributed by atoms with Crippen LogP contribution in [0.2, 0.25) is 0 Å². The van der Waals surface area contributed by atoms with E-state index in [4.69, 9.17) is 17.0 Å². The van der Waals surface area contributed by atoms with Gasteiger partial charge in [-0.25, -0.2) is 13.4 Å². The maximum Gasteiger partial charge on any atom is 0.228 e. The molecule has 0 saturated carbocycles. The van der Waals surface area contributed by atoms with Crippen LogP contribution in [0, 0.1) is 0 Å². The van der Waals surface area contributed by atoms with Crippen LogP contribution < -0.4 is 5.32 Å². The third-order valence-corrected chi connectivity index (χ3v) is 7.16. The lowest BCUT2D eigenvalue weighted by Crippen LogP contribution is -2.45. The van der Waals surface area contributed by atoms with E-state index in [1.807, 2.05) is 36.9 Å². The Morgan fingerprint density at radius 1 is 1.41 bits per heavy atom. The Morgan fingerprint density at radius 2 is 2.16 bits per heavy atom. The molecule has 0 spiro atoms. The van der Waals surface area contributed by atoms with Crippen molar-refractivity contribution in [3.05, 3.63) is 60.4 Å². The lowest BCUT2D eigenvalue weighted by molar-refractivity contribution is 0.0891. The molecule has 32 heavy (non-hydrogen) atoms. The quantitative estimate of drug-likeness (QED) is 0.416. The van der Waals surface area contributed by atoms with Gasteiger partial charge in [0, 0.05) is 25.7 Å². The monoisotopic (exact) mass is 476 g/mol. The SMILES string of the molecule is C=CCn1c(CN(C[C@@H]2CCCO2)C(=S)NC(C)C)cnc1S(=O)(=O)Cc1ccccc1. The Labute approximate surface area is 196 Å². The van der Waals surface area contributed by atoms with Crippen LogP contribution in [-0.2, 0) is 33.4 Å². The average molecular weight is 477 g/mol. The Hall–Kier alpha value is -2.23. The first kappa shape index (κ1) is 24.4. The van der Waals surface area contributed by atoms with Gasteiger partial charge in [-0.3, -0.25) is 0 Å². The molecule has 1 atom stereocenters. The summed E-state index contributed by atoms with van der Waals surface area (Å²) in [7, 11) is -3.63. The van der Waals surface area contributed by atoms with Gasteiger partial charge >= 0.3 is 0 Å². The van der Waals surface area contributed by atoms with Gasteiger partial charge in [-0.05, 0) is 44.5 Å². The summed E-state index contributed by atoms with van der Waals surface area (Å²) < 4.78 is 33.9. The van der Waals surface area contributed by atoms with Crippen molar-refractivity contribution in [1.29, 1.82) is 0 Å². The van der Waals surface area contributed by atoms with Crippen LogP contribution in [0.4, 0.5) is 0 Å². The molecule has 9 heteroatoms. The summed E-state index contributed by atoms with van der Waals surface area (Å²) >= 11 is 5.65. The zero-order chi connectivity index (χ0) is 23.1. The lowest BCUT2D eigenvalue weighted by Gasteiger charge is -2.29. The fourth-order valence-corrected chi connectivity index (χ4v) is 5.61. The van der Waals surface area contributed by atoms with Crippen molar-refractivity contribution in [2.24, 2.45) is 0 Å². The van der Waals surface area contributed by atoms with Gasteiger partial charge < -0.3 is 19.5 Å². The average Bonchev–Trinajstić information content (AvgIpc) is 3.38. The molecular weight excluding hydrogens is 444 g/mol. The molecule has 1 aliphatic rings. The summed E-state index contributed by atoms with van der Waals surface area (Å²) in [5.74, 6) is -0.103. The third kappa shape index (κ3) is 6.40. The number of ether oxygens (including phenoxy) is 1. The summed E-state index contributed by atoms with van der Waals surface area (Å²) in [6, 6.07) is 9.33. The molecule has 1 aliphatic heterocycles. The summed E-state index contributed by atoms with van der Waals surface area (Å²) in [5.41, 5.74) is 1.49. The van der Waals surface area contributed by atoms with Gasteiger partial charge in [-0.1, -0.05) is 36.4 Å². The second kappa shape index (κ2) is 11.1. The van der Waals surface area contributed by atoms with E-state index in [9.17, 15) is 8.42 Å². The number of thiocarbonyl (C=S) groups is 1. The number of aromatic nitrogens is 2. The first-order chi connectivity index (χ1) is 15.3. The van der Waals surface area contributed by atoms with Gasteiger partial charge in [0.25, 0.3) is 0 Å². The number of allylic oxidation sites excluding steroid dienone is 1. The predicted octanol–water partition coefficient (Wildman–Crippen LogP) is 3.31. The zero-order valence-electron chi connectivity index (χ0n) is 18.7. The molecule has 2 aromatic rings. The molecule has 1 saturated heterocycles. The molecule has 2 heterocycles. The fraction of sp³-hybridized carbons (Fsp3) is 0.478. The summed E-state index contributed by atoms with van der Waals surface area (Å²) in [5, 5.41) is 3.96. The van der Waals surface area contributed by atoms with E-state index >= 15 is 0 Å². The van der Waals surface area contributed by atoms with Crippen LogP contribution in [0.1, 0.15) is 37.9 Å². The molecule has 0 unspecified atom stereocenters. The van der Waals surface area contributed by atoms with Crippen molar-refractivity contribution in [1.82, 2.24) is 19.8 Å². The van der Waals surface area contributed by atoms with Crippen LogP contribution in [-0.4, -0.2) is 53.3 Å². The molecule has 0 radical (unpaired) electrons. The Kier molecular flexibility index (Phi) is 8.44. The van der Waals surface area contributed by atoms with Gasteiger partial charge in [-0.2, -0.15) is 0 Å². The van der Waals surface area contributed by atoms with Gasteiger partial charge in [-0.15, -0.1) is 6.58 Å². The maximum atomic E-state index is 13.2. The maximum absolute atomic E-state index is 13.2. The number of hydrogen-bond acceptors (Lipinski definition) is 5. The van der Waals surface area contributed by atoms with E-state index in [1.54, 1.807) is 29.0 Å². The molecule has 0 aliphatic carbocycles. The molecule has 0 amide bonds. The van der Waals surface area contributed by atoms with E-state index < -0.39 is 9.84 Å². The van der Waals surface area contributed by atoms with Gasteiger partial charge in [0.1, 0.15) is 0 Å². The second-order valence-electron chi connectivity index (χ2n) is 8.30. The van der Waals surface area contributed by atoms with Gasteiger partial charge in [0.05, 0.1) is 30.3 Å². The summed E-state index contributed by atoms with van der Waals surface area (Å²) in [4.78, 5) is 6.35. The number of rotatable bonds is 10. The molecule has 1 aromatic carbocycles. The van der Waals surface area contributed by atoms with Crippen molar-refractivity contribution in [3.63, 3.8) is 0 Å². The molecule has 174 valence electrons. The van der Waals surface area contributed by atoms with Crippen LogP contribution >= 0.6 is 12.2 Å². The molecule has 1 aromatic heterocycles. The van der Waals surface area contributed by atoms with Crippen molar-refractivity contribution >= 4 is 27.2 Å². The molecule has 7 nitrogen and oxygen atoms in total. The van der Waals surface area contributed by atoms with Crippen molar-refractivity contribution in [2.45, 2.75) is 62.8 Å². The van der Waals surface area contributed by atoms with Crippen LogP contribution in [0.3, 0.4) is 0 Å². The van der Waals surface area contributed by atoms with Gasteiger partial charge in [0.15, 0.2) is 5.11 Å². The normalized spacial score (nSPS) is 16.3. The van der Waals surface area contributed by atoms with Gasteiger partial charge in [0.2, 0.25) is 15.0 Å². The first-order valence-corrected chi connectivity index (χ1v) is 12.9. The smallest absolute Gasteiger partial charge is 0.228 e. The topological polar surface area (TPSA) is 76.5 Å². The Bertz CT molecular complexity index is 1010. The molecule has 1 fully saturated rings. The third-order valence-electron chi connectivity index (χ3n) is 5.19. The van der Waals surface area contributed by atoms with E-state index in [0.717, 1.165) is 30.7 Å². The highest BCUT2D eigenvalue weighted by atomic mass is 32.2. The minimum atomic E-state index is -3.63. The minimum Gasteiger partial charge on any atom is -0.376 e. The van der Waals surface area contributed by atoms with Crippen molar-refractivity contribution < 1.29 is 13.2 Å². The molecule has 0 bridgehead atoms. The number of imidazole rings is 1. The zero-order valence-corrected chi connectivity index (χ0v) is 20.4. The number of sulfone groups is 1. The standard InChI is InChI=1S/C23H32N4O3S2/c1-4-12-27-20(14-24-23(27)32(28,29)17-19-9-6-5-7-10-19)15-26(22(31)25-18(2)3)16-21-11-8-13-30-21/h4-7,9-10,14,18,21H,1,8,11-13,15-17H2,2-3H3,(H,25,31)/t21-/m0/s1. The van der Waals surface area contributed by atoms with Crippen LogP contribution in [0.15, 0.2) is 54.3 Å². The Balaban J connectivity index is 1.87. The lowest BCUT2D eigenvalue weighted by atomic mass is 10.2. The van der Waals surface area contributed by atoms with E-state index in [1.165, 1.54) is 0 Å². The number of hydrogen-bond donors (Lipinski definition) is 1. The van der Waals surface area contributed by atoms with E-state index in [0.29, 0.717) is 24.7 Å². The Morgan fingerprint density at radius 3 is 2.78 bits per heavy atom. The van der Waals surface area contributed by atoms with E-state index in [2.05, 4.69) is 16.9 Å². The second-order valence-corrected chi connectivity index (χ2v) is 10.6. The number of nitrogens with zero attached hydrogens (tertiary/aromatic N) is 3. The van der Waals surface area contributed by atoms with Crippen LogP contribution in [0.5, 0.6) is 0 Å². The largest absolute Gasteiger partial charge is 0.376 e. The van der Waals surface area contributed by atoms with Crippen molar-refractivity contribution in [2.75, 3.05) is 13.2 Å².